The highest BCUT2D eigenvalue weighted by molar-refractivity contribution is 7.13. The Labute approximate surface area is 120 Å². The number of amides is 1. The minimum atomic E-state index is -0.545. The molecular weight excluding hydrogens is 276 g/mol. The topological polar surface area (TPSA) is 75.4 Å². The van der Waals surface area contributed by atoms with Crippen molar-refractivity contribution in [3.05, 3.63) is 29.7 Å². The minimum absolute atomic E-state index is 0.0534. The first-order valence-electron chi connectivity index (χ1n) is 6.54. The van der Waals surface area contributed by atoms with Crippen LogP contribution in [0.5, 0.6) is 0 Å². The summed E-state index contributed by atoms with van der Waals surface area (Å²) in [5.74, 6) is 0.128. The third-order valence-electron chi connectivity index (χ3n) is 3.71. The minimum Gasteiger partial charge on any atom is -0.472 e. The smallest absolute Gasteiger partial charge is 0.271 e. The summed E-state index contributed by atoms with van der Waals surface area (Å²) in [5, 5.41) is 14.9. The number of carbonyl (C=O) groups excluding carboxylic acids is 1. The number of hydrogen-bond donors (Lipinski definition) is 2. The lowest BCUT2D eigenvalue weighted by Gasteiger charge is -2.28. The van der Waals surface area contributed by atoms with Gasteiger partial charge in [0.25, 0.3) is 5.91 Å². The standard InChI is InChI=1S/C14H16N2O3S/c1-14(8-17,10-2-3-10)16-12(18)11-7-20-13(15-11)9-4-5-19-6-9/h4-7,10,17H,2-3,8H2,1H3,(H,16,18). The third-order valence-corrected chi connectivity index (χ3v) is 4.60. The quantitative estimate of drug-likeness (QED) is 0.886. The van der Waals surface area contributed by atoms with Gasteiger partial charge in [-0.15, -0.1) is 11.3 Å². The Bertz CT molecular complexity index is 604. The normalized spacial score (nSPS) is 17.7. The number of nitrogens with zero attached hydrogens (tertiary/aromatic N) is 1. The van der Waals surface area contributed by atoms with Crippen molar-refractivity contribution in [2.45, 2.75) is 25.3 Å². The van der Waals surface area contributed by atoms with Gasteiger partial charge in [-0.1, -0.05) is 0 Å². The Hall–Kier alpha value is -1.66. The van der Waals surface area contributed by atoms with Crippen molar-refractivity contribution in [2.24, 2.45) is 5.92 Å². The van der Waals surface area contributed by atoms with Crippen LogP contribution in [0, 0.1) is 5.92 Å². The van der Waals surface area contributed by atoms with Gasteiger partial charge in [0.2, 0.25) is 0 Å². The van der Waals surface area contributed by atoms with Crippen LogP contribution in [0.3, 0.4) is 0 Å². The molecule has 5 nitrogen and oxygen atoms in total. The fourth-order valence-electron chi connectivity index (χ4n) is 2.21. The van der Waals surface area contributed by atoms with Gasteiger partial charge in [0.05, 0.1) is 18.4 Å². The van der Waals surface area contributed by atoms with Gasteiger partial charge in [-0.3, -0.25) is 4.79 Å². The van der Waals surface area contributed by atoms with Crippen molar-refractivity contribution in [1.29, 1.82) is 0 Å². The summed E-state index contributed by atoms with van der Waals surface area (Å²) in [7, 11) is 0. The first-order chi connectivity index (χ1) is 9.62. The SMILES string of the molecule is CC(CO)(NC(=O)c1csc(-c2ccoc2)n1)C1CC1. The molecule has 0 aliphatic heterocycles. The predicted octanol–water partition coefficient (Wildman–Crippen LogP) is 2.29. The van der Waals surface area contributed by atoms with Crippen LogP contribution in [0.15, 0.2) is 28.4 Å². The molecule has 106 valence electrons. The van der Waals surface area contributed by atoms with Gasteiger partial charge in [0.15, 0.2) is 0 Å². The molecule has 0 spiro atoms. The zero-order chi connectivity index (χ0) is 14.2. The number of nitrogens with one attached hydrogen (secondary N) is 1. The number of furan rings is 1. The molecule has 2 heterocycles. The van der Waals surface area contributed by atoms with Gasteiger partial charge in [-0.2, -0.15) is 0 Å². The molecule has 1 fully saturated rings. The van der Waals surface area contributed by atoms with E-state index in [-0.39, 0.29) is 12.5 Å². The second kappa shape index (κ2) is 5.03. The van der Waals surface area contributed by atoms with E-state index in [4.69, 9.17) is 4.42 Å². The summed E-state index contributed by atoms with van der Waals surface area (Å²) in [6.45, 7) is 1.83. The lowest BCUT2D eigenvalue weighted by Crippen LogP contribution is -2.50. The summed E-state index contributed by atoms with van der Waals surface area (Å²) in [6.07, 6.45) is 5.28. The zero-order valence-electron chi connectivity index (χ0n) is 11.1. The number of thiazole rings is 1. The fourth-order valence-corrected chi connectivity index (χ4v) is 3.00. The number of rotatable bonds is 5. The molecule has 1 aliphatic rings. The van der Waals surface area contributed by atoms with Gasteiger partial charge >= 0.3 is 0 Å². The van der Waals surface area contributed by atoms with Crippen molar-refractivity contribution in [1.82, 2.24) is 10.3 Å². The van der Waals surface area contributed by atoms with Crippen LogP contribution in [-0.2, 0) is 0 Å². The molecule has 1 atom stereocenters. The van der Waals surface area contributed by atoms with E-state index in [2.05, 4.69) is 10.3 Å². The highest BCUT2D eigenvalue weighted by atomic mass is 32.1. The molecule has 3 rings (SSSR count). The average molecular weight is 292 g/mol. The lowest BCUT2D eigenvalue weighted by atomic mass is 9.97. The maximum absolute atomic E-state index is 12.2. The van der Waals surface area contributed by atoms with Gasteiger partial charge in [0, 0.05) is 10.9 Å². The van der Waals surface area contributed by atoms with Crippen molar-refractivity contribution in [3.8, 4) is 10.6 Å². The van der Waals surface area contributed by atoms with Crippen LogP contribution >= 0.6 is 11.3 Å². The molecule has 1 saturated carbocycles. The maximum atomic E-state index is 12.2. The monoisotopic (exact) mass is 292 g/mol. The molecule has 2 aromatic heterocycles. The molecule has 0 bridgehead atoms. The predicted molar refractivity (Wildman–Crippen MR) is 75.5 cm³/mol. The summed E-state index contributed by atoms with van der Waals surface area (Å²) in [6, 6.07) is 1.81. The van der Waals surface area contributed by atoms with E-state index in [0.717, 1.165) is 23.4 Å². The fraction of sp³-hybridized carbons (Fsp3) is 0.429. The van der Waals surface area contributed by atoms with Crippen molar-refractivity contribution < 1.29 is 14.3 Å². The molecule has 1 amide bonds. The van der Waals surface area contributed by atoms with E-state index >= 15 is 0 Å². The molecule has 2 N–H and O–H groups in total. The highest BCUT2D eigenvalue weighted by Crippen LogP contribution is 2.39. The second-order valence-corrected chi connectivity index (χ2v) is 6.21. The third kappa shape index (κ3) is 2.48. The molecule has 1 aliphatic carbocycles. The van der Waals surface area contributed by atoms with E-state index in [1.54, 1.807) is 17.9 Å². The van der Waals surface area contributed by atoms with Gasteiger partial charge in [-0.05, 0) is 31.7 Å². The van der Waals surface area contributed by atoms with E-state index < -0.39 is 5.54 Å². The van der Waals surface area contributed by atoms with Crippen LogP contribution in [0.25, 0.3) is 10.6 Å². The van der Waals surface area contributed by atoms with Crippen LogP contribution in [0.4, 0.5) is 0 Å². The molecule has 0 radical (unpaired) electrons. The Kier molecular flexibility index (Phi) is 3.35. The van der Waals surface area contributed by atoms with Crippen LogP contribution in [-0.4, -0.2) is 28.1 Å². The van der Waals surface area contributed by atoms with E-state index in [9.17, 15) is 9.90 Å². The second-order valence-electron chi connectivity index (χ2n) is 5.35. The van der Waals surface area contributed by atoms with Gasteiger partial charge in [0.1, 0.15) is 17.0 Å². The van der Waals surface area contributed by atoms with Crippen molar-refractivity contribution in [3.63, 3.8) is 0 Å². The number of carbonyl (C=O) groups is 1. The van der Waals surface area contributed by atoms with Gasteiger partial charge in [-0.25, -0.2) is 4.98 Å². The largest absolute Gasteiger partial charge is 0.472 e. The number of aromatic nitrogens is 1. The molecule has 6 heteroatoms. The van der Waals surface area contributed by atoms with Crippen molar-refractivity contribution >= 4 is 17.2 Å². The Morgan fingerprint density at radius 2 is 2.45 bits per heavy atom. The number of aliphatic hydroxyl groups excluding tert-OH is 1. The molecule has 0 saturated heterocycles. The molecule has 2 aromatic rings. The molecule has 20 heavy (non-hydrogen) atoms. The highest BCUT2D eigenvalue weighted by Gasteiger charge is 2.42. The average Bonchev–Trinajstić information content (AvgIpc) is 2.97. The zero-order valence-corrected chi connectivity index (χ0v) is 11.9. The Balaban J connectivity index is 1.74. The lowest BCUT2D eigenvalue weighted by molar-refractivity contribution is 0.0820. The Morgan fingerprint density at radius 1 is 1.65 bits per heavy atom. The summed E-state index contributed by atoms with van der Waals surface area (Å²) < 4.78 is 5.01. The van der Waals surface area contributed by atoms with Crippen molar-refractivity contribution in [2.75, 3.05) is 6.61 Å². The summed E-state index contributed by atoms with van der Waals surface area (Å²) >= 11 is 1.40. The van der Waals surface area contributed by atoms with E-state index in [1.807, 2.05) is 13.0 Å². The van der Waals surface area contributed by atoms with E-state index in [1.165, 1.54) is 11.3 Å². The number of aliphatic hydroxyl groups is 1. The van der Waals surface area contributed by atoms with Crippen LogP contribution < -0.4 is 5.32 Å². The van der Waals surface area contributed by atoms with E-state index in [0.29, 0.717) is 11.6 Å². The molecule has 1 unspecified atom stereocenters. The maximum Gasteiger partial charge on any atom is 0.271 e. The Morgan fingerprint density at radius 3 is 3.05 bits per heavy atom. The van der Waals surface area contributed by atoms with Gasteiger partial charge < -0.3 is 14.8 Å². The summed E-state index contributed by atoms with van der Waals surface area (Å²) in [4.78, 5) is 16.5. The first kappa shape index (κ1) is 13.3. The molecular formula is C14H16N2O3S. The molecule has 0 aromatic carbocycles. The number of hydrogen-bond acceptors (Lipinski definition) is 5. The first-order valence-corrected chi connectivity index (χ1v) is 7.42. The van der Waals surface area contributed by atoms with Crippen LogP contribution in [0.1, 0.15) is 30.3 Å². The summed E-state index contributed by atoms with van der Waals surface area (Å²) in [5.41, 5.74) is 0.698. The van der Waals surface area contributed by atoms with Crippen LogP contribution in [0.2, 0.25) is 0 Å².